The Kier molecular flexibility index (Phi) is 7.37. The Bertz CT molecular complexity index is 1110. The molecule has 196 valence electrons. The van der Waals surface area contributed by atoms with Gasteiger partial charge in [0.2, 0.25) is 11.5 Å². The third-order valence-corrected chi connectivity index (χ3v) is 6.91. The molecular formula is C26H32O10. The van der Waals surface area contributed by atoms with E-state index in [0.717, 1.165) is 5.56 Å². The van der Waals surface area contributed by atoms with Crippen molar-refractivity contribution < 1.29 is 47.8 Å². The fraction of sp³-hybridized carbons (Fsp3) is 0.500. The van der Waals surface area contributed by atoms with Crippen molar-refractivity contribution in [2.24, 2.45) is 11.8 Å². The molecule has 0 saturated carbocycles. The van der Waals surface area contributed by atoms with E-state index in [1.165, 1.54) is 49.6 Å². The van der Waals surface area contributed by atoms with Crippen LogP contribution in [0, 0.1) is 11.8 Å². The quantitative estimate of drug-likeness (QED) is 0.539. The second-order valence-corrected chi connectivity index (χ2v) is 8.58. The maximum atomic E-state index is 12.2. The van der Waals surface area contributed by atoms with E-state index in [4.69, 9.17) is 37.9 Å². The van der Waals surface area contributed by atoms with Crippen molar-refractivity contribution in [3.05, 3.63) is 34.9 Å². The first-order valence-electron chi connectivity index (χ1n) is 11.4. The summed E-state index contributed by atoms with van der Waals surface area (Å²) in [5.41, 5.74) is 2.12. The number of carbonyl (C=O) groups is 1. The number of rotatable bonds is 8. The van der Waals surface area contributed by atoms with Crippen molar-refractivity contribution in [1.82, 2.24) is 0 Å². The summed E-state index contributed by atoms with van der Waals surface area (Å²) in [6.07, 6.45) is -1.82. The van der Waals surface area contributed by atoms with Gasteiger partial charge in [0.25, 0.3) is 0 Å². The first-order chi connectivity index (χ1) is 17.3. The molecule has 10 heteroatoms. The van der Waals surface area contributed by atoms with Crippen LogP contribution in [0.5, 0.6) is 34.5 Å². The zero-order chi connectivity index (χ0) is 26.1. The van der Waals surface area contributed by atoms with Crippen LogP contribution < -0.4 is 28.4 Å². The van der Waals surface area contributed by atoms with Gasteiger partial charge in [-0.15, -0.1) is 0 Å². The standard InChI is InChI=1S/C26H32O10/c1-12(27)36-22-14-10-18(31-4)24(33-6)25(34-7)20(14)19(21-15(22)11-35-26(21)28)13-8-16(29-2)23(32-5)17(9-13)30-3/h8-10,15,19,21-22,26,28H,11H2,1-7H3/t15-,19-,21-,22+,26-/m0/s1. The lowest BCUT2D eigenvalue weighted by Gasteiger charge is -2.41. The number of hydrogen-bond acceptors (Lipinski definition) is 10. The van der Waals surface area contributed by atoms with Gasteiger partial charge in [0.1, 0.15) is 6.10 Å². The minimum Gasteiger partial charge on any atom is -0.493 e. The highest BCUT2D eigenvalue weighted by molar-refractivity contribution is 5.69. The molecule has 0 spiro atoms. The molecular weight excluding hydrogens is 472 g/mol. The minimum atomic E-state index is -1.12. The Labute approximate surface area is 209 Å². The lowest BCUT2D eigenvalue weighted by Crippen LogP contribution is -2.38. The highest BCUT2D eigenvalue weighted by Gasteiger charge is 2.54. The van der Waals surface area contributed by atoms with Crippen molar-refractivity contribution in [3.8, 4) is 34.5 Å². The lowest BCUT2D eigenvalue weighted by atomic mass is 9.65. The van der Waals surface area contributed by atoms with Crippen molar-refractivity contribution in [2.75, 3.05) is 49.3 Å². The summed E-state index contributed by atoms with van der Waals surface area (Å²) in [5, 5.41) is 11.0. The van der Waals surface area contributed by atoms with Crippen LogP contribution in [0.4, 0.5) is 0 Å². The number of aliphatic hydroxyl groups excluding tert-OH is 1. The molecule has 4 rings (SSSR count). The first kappa shape index (κ1) is 25.7. The SMILES string of the molecule is COc1cc([C@H]2c3c(cc(OC)c(OC)c3OC)[C@@H](OC(C)=O)[C@H]3CO[C@H](O)[C@H]23)cc(OC)c1OC. The summed E-state index contributed by atoms with van der Waals surface area (Å²) in [7, 11) is 9.18. The largest absolute Gasteiger partial charge is 0.493 e. The van der Waals surface area contributed by atoms with Gasteiger partial charge in [-0.2, -0.15) is 0 Å². The topological polar surface area (TPSA) is 111 Å². The predicted molar refractivity (Wildman–Crippen MR) is 127 cm³/mol. The van der Waals surface area contributed by atoms with Crippen molar-refractivity contribution in [3.63, 3.8) is 0 Å². The monoisotopic (exact) mass is 504 g/mol. The molecule has 0 unspecified atom stereocenters. The number of benzene rings is 2. The molecule has 1 saturated heterocycles. The Morgan fingerprint density at radius 3 is 1.89 bits per heavy atom. The summed E-state index contributed by atoms with van der Waals surface area (Å²) in [5.74, 6) is 0.803. The van der Waals surface area contributed by atoms with E-state index in [9.17, 15) is 9.90 Å². The molecule has 1 aliphatic carbocycles. The molecule has 1 N–H and O–H groups in total. The van der Waals surface area contributed by atoms with E-state index < -0.39 is 30.2 Å². The number of carbonyl (C=O) groups excluding carboxylic acids is 1. The van der Waals surface area contributed by atoms with E-state index in [0.29, 0.717) is 45.6 Å². The fourth-order valence-electron chi connectivity index (χ4n) is 5.52. The molecule has 1 fully saturated rings. The van der Waals surface area contributed by atoms with E-state index in [2.05, 4.69) is 0 Å². The zero-order valence-electron chi connectivity index (χ0n) is 21.4. The van der Waals surface area contributed by atoms with Crippen molar-refractivity contribution in [2.45, 2.75) is 25.2 Å². The van der Waals surface area contributed by atoms with Gasteiger partial charge in [-0.25, -0.2) is 0 Å². The van der Waals surface area contributed by atoms with Gasteiger partial charge < -0.3 is 43.0 Å². The zero-order valence-corrected chi connectivity index (χ0v) is 21.4. The average molecular weight is 505 g/mol. The highest BCUT2D eigenvalue weighted by atomic mass is 16.6. The molecule has 2 aliphatic rings. The van der Waals surface area contributed by atoms with E-state index in [-0.39, 0.29) is 12.5 Å². The number of ether oxygens (including phenoxy) is 8. The maximum absolute atomic E-state index is 12.2. The normalized spacial score (nSPS) is 24.3. The number of fused-ring (bicyclic) bond motifs is 2. The van der Waals surface area contributed by atoms with Crippen LogP contribution in [0.3, 0.4) is 0 Å². The summed E-state index contributed by atoms with van der Waals surface area (Å²) in [6.45, 7) is 1.55. The second kappa shape index (κ2) is 10.3. The first-order valence-corrected chi connectivity index (χ1v) is 11.4. The van der Waals surface area contributed by atoms with Gasteiger partial charge in [0, 0.05) is 35.8 Å². The van der Waals surface area contributed by atoms with Crippen molar-refractivity contribution in [1.29, 1.82) is 0 Å². The Morgan fingerprint density at radius 2 is 1.39 bits per heavy atom. The van der Waals surface area contributed by atoms with Crippen LogP contribution in [0.25, 0.3) is 0 Å². The smallest absolute Gasteiger partial charge is 0.303 e. The molecule has 0 bridgehead atoms. The molecule has 2 aromatic rings. The maximum Gasteiger partial charge on any atom is 0.303 e. The van der Waals surface area contributed by atoms with Crippen molar-refractivity contribution >= 4 is 5.97 Å². The van der Waals surface area contributed by atoms with Crippen LogP contribution in [0.1, 0.15) is 35.6 Å². The van der Waals surface area contributed by atoms with Gasteiger partial charge in [-0.05, 0) is 23.8 Å². The van der Waals surface area contributed by atoms with Gasteiger partial charge >= 0.3 is 5.97 Å². The molecule has 10 nitrogen and oxygen atoms in total. The lowest BCUT2D eigenvalue weighted by molar-refractivity contribution is -0.151. The van der Waals surface area contributed by atoms with Crippen LogP contribution in [0.15, 0.2) is 18.2 Å². The van der Waals surface area contributed by atoms with Gasteiger partial charge in [0.05, 0.1) is 49.3 Å². The molecule has 0 radical (unpaired) electrons. The molecule has 1 aliphatic heterocycles. The van der Waals surface area contributed by atoms with Gasteiger partial charge in [-0.1, -0.05) is 0 Å². The molecule has 0 amide bonds. The number of aliphatic hydroxyl groups is 1. The third-order valence-electron chi connectivity index (χ3n) is 6.91. The summed E-state index contributed by atoms with van der Waals surface area (Å²) < 4.78 is 45.4. The minimum absolute atomic E-state index is 0.195. The van der Waals surface area contributed by atoms with E-state index >= 15 is 0 Å². The molecule has 36 heavy (non-hydrogen) atoms. The Balaban J connectivity index is 2.08. The molecule has 1 heterocycles. The van der Waals surface area contributed by atoms with Crippen LogP contribution in [-0.2, 0) is 14.3 Å². The van der Waals surface area contributed by atoms with Crippen LogP contribution >= 0.6 is 0 Å². The third kappa shape index (κ3) is 4.04. The van der Waals surface area contributed by atoms with Crippen LogP contribution in [0.2, 0.25) is 0 Å². The summed E-state index contributed by atoms with van der Waals surface area (Å²) in [4.78, 5) is 12.2. The Hall–Kier alpha value is -3.37. The van der Waals surface area contributed by atoms with Crippen LogP contribution in [-0.4, -0.2) is 66.6 Å². The number of esters is 1. The number of hydrogen-bond donors (Lipinski definition) is 1. The van der Waals surface area contributed by atoms with E-state index in [1.54, 1.807) is 6.07 Å². The average Bonchev–Trinajstić information content (AvgIpc) is 3.27. The van der Waals surface area contributed by atoms with Gasteiger partial charge in [0.15, 0.2) is 29.3 Å². The Morgan fingerprint density at radius 1 is 0.833 bits per heavy atom. The molecule has 5 atom stereocenters. The summed E-state index contributed by atoms with van der Waals surface area (Å²) >= 11 is 0. The molecule has 2 aromatic carbocycles. The second-order valence-electron chi connectivity index (χ2n) is 8.58. The molecule has 0 aromatic heterocycles. The highest BCUT2D eigenvalue weighted by Crippen LogP contribution is 2.60. The van der Waals surface area contributed by atoms with Gasteiger partial charge in [-0.3, -0.25) is 4.79 Å². The fourth-order valence-corrected chi connectivity index (χ4v) is 5.52. The predicted octanol–water partition coefficient (Wildman–Crippen LogP) is 3.07. The van der Waals surface area contributed by atoms with E-state index in [1.807, 2.05) is 12.1 Å². The summed E-state index contributed by atoms with van der Waals surface area (Å²) in [6, 6.07) is 5.45. The number of methoxy groups -OCH3 is 6.